The summed E-state index contributed by atoms with van der Waals surface area (Å²) in [6.07, 6.45) is 2.95. The molecular formula is C13H8ClFN2. The Hall–Kier alpha value is -1.87. The highest BCUT2D eigenvalue weighted by Crippen LogP contribution is 2.25. The third-order valence-corrected chi connectivity index (χ3v) is 2.86. The molecule has 2 nitrogen and oxygen atoms in total. The number of pyridine rings is 1. The third kappa shape index (κ3) is 1.78. The maximum Gasteiger partial charge on any atom is 0.166 e. The zero-order valence-corrected chi connectivity index (χ0v) is 9.50. The molecule has 3 aromatic rings. The molecule has 2 heterocycles. The van der Waals surface area contributed by atoms with E-state index >= 15 is 0 Å². The lowest BCUT2D eigenvalue weighted by molar-refractivity contribution is 0.637. The van der Waals surface area contributed by atoms with E-state index < -0.39 is 0 Å². The Balaban J connectivity index is 2.18. The van der Waals surface area contributed by atoms with Gasteiger partial charge in [0.25, 0.3) is 0 Å². The summed E-state index contributed by atoms with van der Waals surface area (Å²) in [5.74, 6) is -0.336. The zero-order valence-electron chi connectivity index (χ0n) is 8.74. The van der Waals surface area contributed by atoms with Gasteiger partial charge in [-0.15, -0.1) is 0 Å². The lowest BCUT2D eigenvalue weighted by Gasteiger charge is -2.01. The summed E-state index contributed by atoms with van der Waals surface area (Å²) in [6.45, 7) is 0. The molecule has 0 saturated heterocycles. The summed E-state index contributed by atoms with van der Waals surface area (Å²) in [6, 6.07) is 9.33. The van der Waals surface area contributed by atoms with Gasteiger partial charge < -0.3 is 4.98 Å². The van der Waals surface area contributed by atoms with Crippen LogP contribution in [0.4, 0.5) is 4.39 Å². The second-order valence-electron chi connectivity index (χ2n) is 3.77. The SMILES string of the molecule is Fc1c[nH]c2cc(-c3cccc(Cl)c3)cnc12. The van der Waals surface area contributed by atoms with Crippen molar-refractivity contribution in [2.24, 2.45) is 0 Å². The van der Waals surface area contributed by atoms with Gasteiger partial charge in [0, 0.05) is 23.0 Å². The molecule has 0 fully saturated rings. The normalized spacial score (nSPS) is 10.9. The molecule has 0 aliphatic heterocycles. The van der Waals surface area contributed by atoms with Gasteiger partial charge in [0.2, 0.25) is 0 Å². The van der Waals surface area contributed by atoms with Crippen LogP contribution in [0, 0.1) is 5.82 Å². The smallest absolute Gasteiger partial charge is 0.166 e. The van der Waals surface area contributed by atoms with Gasteiger partial charge in [-0.25, -0.2) is 4.39 Å². The van der Waals surface area contributed by atoms with Crippen LogP contribution < -0.4 is 0 Å². The predicted molar refractivity (Wildman–Crippen MR) is 66.5 cm³/mol. The average Bonchev–Trinajstić information content (AvgIpc) is 2.71. The van der Waals surface area contributed by atoms with Crippen LogP contribution in [0.2, 0.25) is 5.02 Å². The van der Waals surface area contributed by atoms with Gasteiger partial charge in [-0.2, -0.15) is 0 Å². The van der Waals surface area contributed by atoms with Gasteiger partial charge >= 0.3 is 0 Å². The molecule has 0 bridgehead atoms. The lowest BCUT2D eigenvalue weighted by atomic mass is 10.1. The molecule has 0 saturated carbocycles. The van der Waals surface area contributed by atoms with E-state index in [9.17, 15) is 4.39 Å². The molecule has 3 rings (SSSR count). The maximum atomic E-state index is 13.2. The molecular weight excluding hydrogens is 239 g/mol. The molecule has 0 radical (unpaired) electrons. The minimum Gasteiger partial charge on any atom is -0.357 e. The van der Waals surface area contributed by atoms with E-state index in [4.69, 9.17) is 11.6 Å². The van der Waals surface area contributed by atoms with Gasteiger partial charge in [0.05, 0.1) is 5.52 Å². The molecule has 84 valence electrons. The minimum absolute atomic E-state index is 0.336. The van der Waals surface area contributed by atoms with E-state index in [0.29, 0.717) is 16.1 Å². The second-order valence-corrected chi connectivity index (χ2v) is 4.20. The number of hydrogen-bond donors (Lipinski definition) is 1. The molecule has 0 unspecified atom stereocenters. The number of aromatic nitrogens is 2. The third-order valence-electron chi connectivity index (χ3n) is 2.63. The number of nitrogens with one attached hydrogen (secondary N) is 1. The molecule has 0 aliphatic rings. The van der Waals surface area contributed by atoms with Crippen molar-refractivity contribution in [1.82, 2.24) is 9.97 Å². The Morgan fingerprint density at radius 1 is 1.18 bits per heavy atom. The van der Waals surface area contributed by atoms with Crippen molar-refractivity contribution in [2.45, 2.75) is 0 Å². The monoisotopic (exact) mass is 246 g/mol. The van der Waals surface area contributed by atoms with Gasteiger partial charge in [-0.05, 0) is 23.8 Å². The fourth-order valence-electron chi connectivity index (χ4n) is 1.80. The Bertz CT molecular complexity index is 691. The molecule has 4 heteroatoms. The summed E-state index contributed by atoms with van der Waals surface area (Å²) in [5, 5.41) is 0.667. The number of aromatic amines is 1. The number of fused-ring (bicyclic) bond motifs is 1. The number of nitrogens with zero attached hydrogens (tertiary/aromatic N) is 1. The van der Waals surface area contributed by atoms with Crippen molar-refractivity contribution in [1.29, 1.82) is 0 Å². The number of benzene rings is 1. The maximum absolute atomic E-state index is 13.2. The average molecular weight is 247 g/mol. The van der Waals surface area contributed by atoms with E-state index in [1.165, 1.54) is 6.20 Å². The van der Waals surface area contributed by atoms with Crippen molar-refractivity contribution >= 4 is 22.6 Å². The first-order valence-corrected chi connectivity index (χ1v) is 5.50. The fourth-order valence-corrected chi connectivity index (χ4v) is 1.99. The van der Waals surface area contributed by atoms with Gasteiger partial charge in [-0.3, -0.25) is 4.98 Å². The molecule has 2 aromatic heterocycles. The van der Waals surface area contributed by atoms with Gasteiger partial charge in [0.15, 0.2) is 5.82 Å². The summed E-state index contributed by atoms with van der Waals surface area (Å²) in [4.78, 5) is 6.94. The zero-order chi connectivity index (χ0) is 11.8. The first kappa shape index (κ1) is 10.3. The van der Waals surface area contributed by atoms with Crippen LogP contribution in [0.3, 0.4) is 0 Å². The molecule has 0 aliphatic carbocycles. The Labute approximate surface area is 102 Å². The Kier molecular flexibility index (Phi) is 2.34. The highest BCUT2D eigenvalue weighted by atomic mass is 35.5. The van der Waals surface area contributed by atoms with Crippen LogP contribution in [-0.4, -0.2) is 9.97 Å². The number of rotatable bonds is 1. The molecule has 1 N–H and O–H groups in total. The minimum atomic E-state index is -0.336. The summed E-state index contributed by atoms with van der Waals surface area (Å²) >= 11 is 5.93. The van der Waals surface area contributed by atoms with Gasteiger partial charge in [0.1, 0.15) is 5.52 Å². The van der Waals surface area contributed by atoms with E-state index in [1.807, 2.05) is 30.3 Å². The molecule has 0 atom stereocenters. The molecule has 1 aromatic carbocycles. The van der Waals surface area contributed by atoms with Crippen LogP contribution in [0.1, 0.15) is 0 Å². The van der Waals surface area contributed by atoms with E-state index in [2.05, 4.69) is 9.97 Å². The fraction of sp³-hybridized carbons (Fsp3) is 0. The van der Waals surface area contributed by atoms with Crippen molar-refractivity contribution in [3.8, 4) is 11.1 Å². The number of H-pyrrole nitrogens is 1. The summed E-state index contributed by atoms with van der Waals surface area (Å²) in [7, 11) is 0. The van der Waals surface area contributed by atoms with Crippen molar-refractivity contribution in [3.05, 3.63) is 53.6 Å². The van der Waals surface area contributed by atoms with Crippen LogP contribution in [0.25, 0.3) is 22.2 Å². The topological polar surface area (TPSA) is 28.7 Å². The van der Waals surface area contributed by atoms with Crippen LogP contribution in [-0.2, 0) is 0 Å². The summed E-state index contributed by atoms with van der Waals surface area (Å²) in [5.41, 5.74) is 2.90. The quantitative estimate of drug-likeness (QED) is 0.690. The highest BCUT2D eigenvalue weighted by Gasteiger charge is 2.06. The van der Waals surface area contributed by atoms with E-state index in [-0.39, 0.29) is 5.82 Å². The second kappa shape index (κ2) is 3.86. The van der Waals surface area contributed by atoms with Gasteiger partial charge in [-0.1, -0.05) is 23.7 Å². The van der Waals surface area contributed by atoms with Crippen LogP contribution >= 0.6 is 11.6 Å². The predicted octanol–water partition coefficient (Wildman–Crippen LogP) is 4.02. The Morgan fingerprint density at radius 2 is 2.06 bits per heavy atom. The highest BCUT2D eigenvalue weighted by molar-refractivity contribution is 6.30. The van der Waals surface area contributed by atoms with E-state index in [0.717, 1.165) is 11.1 Å². The van der Waals surface area contributed by atoms with Crippen LogP contribution in [0.5, 0.6) is 0 Å². The number of halogens is 2. The lowest BCUT2D eigenvalue weighted by Crippen LogP contribution is -1.82. The largest absolute Gasteiger partial charge is 0.357 e. The molecule has 0 amide bonds. The van der Waals surface area contributed by atoms with Crippen molar-refractivity contribution in [2.75, 3.05) is 0 Å². The first-order chi connectivity index (χ1) is 8.24. The molecule has 17 heavy (non-hydrogen) atoms. The standard InChI is InChI=1S/C13H8ClFN2/c14-10-3-1-2-8(4-10)9-5-12-13(17-6-9)11(15)7-16-12/h1-7,16H. The van der Waals surface area contributed by atoms with Crippen molar-refractivity contribution in [3.63, 3.8) is 0 Å². The van der Waals surface area contributed by atoms with Crippen molar-refractivity contribution < 1.29 is 4.39 Å². The van der Waals surface area contributed by atoms with E-state index in [1.54, 1.807) is 6.20 Å². The van der Waals surface area contributed by atoms with Crippen LogP contribution in [0.15, 0.2) is 42.7 Å². The Morgan fingerprint density at radius 3 is 2.88 bits per heavy atom. The number of hydrogen-bond acceptors (Lipinski definition) is 1. The molecule has 0 spiro atoms. The first-order valence-electron chi connectivity index (χ1n) is 5.12. The summed E-state index contributed by atoms with van der Waals surface area (Å²) < 4.78 is 13.2.